The van der Waals surface area contributed by atoms with Crippen molar-refractivity contribution in [1.82, 2.24) is 10.3 Å². The first-order chi connectivity index (χ1) is 9.52. The summed E-state index contributed by atoms with van der Waals surface area (Å²) in [6.45, 7) is 7.31. The van der Waals surface area contributed by atoms with Gasteiger partial charge in [-0.25, -0.2) is 0 Å². The Bertz CT molecular complexity index is 573. The molecule has 1 heterocycles. The largest absolute Gasteiger partial charge is 0.457 e. The smallest absolute Gasteiger partial charge is 0.135 e. The maximum Gasteiger partial charge on any atom is 0.135 e. The number of nitrogens with one attached hydrogen (secondary N) is 1. The Hall–Kier alpha value is -1.87. The zero-order valence-electron chi connectivity index (χ0n) is 12.6. The number of nitrogens with zero attached hydrogens (tertiary/aromatic N) is 1. The molecule has 1 N–H and O–H groups in total. The van der Waals surface area contributed by atoms with Crippen LogP contribution in [-0.4, -0.2) is 12.0 Å². The molecule has 0 unspecified atom stereocenters. The number of hydrogen-bond donors (Lipinski definition) is 1. The standard InChI is InChI=1S/C17H22N2O/c1-17(2,3)14-7-5-6-8-16(14)20-15-9-10-19-12-13(15)11-18-4/h5-10,12,18H,11H2,1-4H3. The van der Waals surface area contributed by atoms with Crippen molar-refractivity contribution in [2.75, 3.05) is 7.05 Å². The van der Waals surface area contributed by atoms with Gasteiger partial charge >= 0.3 is 0 Å². The van der Waals surface area contributed by atoms with Gasteiger partial charge in [-0.3, -0.25) is 4.98 Å². The minimum atomic E-state index is 0.0484. The normalized spacial score (nSPS) is 11.4. The first kappa shape index (κ1) is 14.5. The zero-order chi connectivity index (χ0) is 14.6. The molecule has 1 aromatic carbocycles. The van der Waals surface area contributed by atoms with Gasteiger partial charge < -0.3 is 10.1 Å². The van der Waals surface area contributed by atoms with E-state index in [4.69, 9.17) is 4.74 Å². The van der Waals surface area contributed by atoms with Crippen LogP contribution in [0.15, 0.2) is 42.7 Å². The molecule has 0 saturated heterocycles. The van der Waals surface area contributed by atoms with E-state index in [1.165, 1.54) is 5.56 Å². The van der Waals surface area contributed by atoms with Gasteiger partial charge in [-0.2, -0.15) is 0 Å². The second-order valence-electron chi connectivity index (χ2n) is 5.86. The number of pyridine rings is 1. The summed E-state index contributed by atoms with van der Waals surface area (Å²) in [7, 11) is 1.92. The highest BCUT2D eigenvalue weighted by Gasteiger charge is 2.19. The Morgan fingerprint density at radius 2 is 1.85 bits per heavy atom. The molecule has 20 heavy (non-hydrogen) atoms. The van der Waals surface area contributed by atoms with Crippen LogP contribution in [0.5, 0.6) is 11.5 Å². The number of rotatable bonds is 4. The highest BCUT2D eigenvalue weighted by Crippen LogP contribution is 2.34. The SMILES string of the molecule is CNCc1cnccc1Oc1ccccc1C(C)(C)C. The fourth-order valence-electron chi connectivity index (χ4n) is 2.13. The van der Waals surface area contributed by atoms with E-state index in [1.54, 1.807) is 6.20 Å². The highest BCUT2D eigenvalue weighted by atomic mass is 16.5. The Labute approximate surface area is 121 Å². The lowest BCUT2D eigenvalue weighted by Gasteiger charge is -2.23. The molecule has 0 atom stereocenters. The van der Waals surface area contributed by atoms with Gasteiger partial charge in [0.25, 0.3) is 0 Å². The molecule has 106 valence electrons. The molecule has 0 radical (unpaired) electrons. The van der Waals surface area contributed by atoms with Crippen molar-refractivity contribution in [2.45, 2.75) is 32.7 Å². The Balaban J connectivity index is 2.36. The predicted molar refractivity (Wildman–Crippen MR) is 82.2 cm³/mol. The summed E-state index contributed by atoms with van der Waals surface area (Å²) in [5, 5.41) is 3.14. The van der Waals surface area contributed by atoms with Crippen LogP contribution in [0.25, 0.3) is 0 Å². The number of para-hydroxylation sites is 1. The number of benzene rings is 1. The predicted octanol–water partition coefficient (Wildman–Crippen LogP) is 3.89. The molecule has 0 fully saturated rings. The molecule has 1 aromatic heterocycles. The average Bonchev–Trinajstić information content (AvgIpc) is 2.41. The van der Waals surface area contributed by atoms with Gasteiger partial charge in [0.15, 0.2) is 0 Å². The fourth-order valence-corrected chi connectivity index (χ4v) is 2.13. The highest BCUT2D eigenvalue weighted by molar-refractivity contribution is 5.43. The lowest BCUT2D eigenvalue weighted by molar-refractivity contribution is 0.448. The lowest BCUT2D eigenvalue weighted by atomic mass is 9.86. The summed E-state index contributed by atoms with van der Waals surface area (Å²) in [5.74, 6) is 1.76. The molecule has 2 rings (SSSR count). The van der Waals surface area contributed by atoms with Crippen LogP contribution in [0.1, 0.15) is 31.9 Å². The molecule has 0 saturated carbocycles. The first-order valence-corrected chi connectivity index (χ1v) is 6.87. The van der Waals surface area contributed by atoms with E-state index in [0.717, 1.165) is 23.6 Å². The summed E-state index contributed by atoms with van der Waals surface area (Å²) in [6.07, 6.45) is 3.60. The minimum absolute atomic E-state index is 0.0484. The van der Waals surface area contributed by atoms with Gasteiger partial charge in [-0.05, 0) is 24.6 Å². The van der Waals surface area contributed by atoms with E-state index in [2.05, 4.69) is 43.2 Å². The Morgan fingerprint density at radius 1 is 1.10 bits per heavy atom. The molecule has 0 bridgehead atoms. The Kier molecular flexibility index (Phi) is 4.40. The van der Waals surface area contributed by atoms with Crippen LogP contribution in [0.2, 0.25) is 0 Å². The van der Waals surface area contributed by atoms with E-state index < -0.39 is 0 Å². The zero-order valence-corrected chi connectivity index (χ0v) is 12.6. The van der Waals surface area contributed by atoms with Crippen LogP contribution in [-0.2, 0) is 12.0 Å². The third-order valence-electron chi connectivity index (χ3n) is 3.14. The third kappa shape index (κ3) is 3.36. The summed E-state index contributed by atoms with van der Waals surface area (Å²) in [5.41, 5.74) is 2.30. The Morgan fingerprint density at radius 3 is 2.55 bits per heavy atom. The molecule has 2 aromatic rings. The van der Waals surface area contributed by atoms with Crippen LogP contribution in [0.3, 0.4) is 0 Å². The van der Waals surface area contributed by atoms with E-state index in [9.17, 15) is 0 Å². The van der Waals surface area contributed by atoms with Gasteiger partial charge in [0.1, 0.15) is 11.5 Å². The monoisotopic (exact) mass is 270 g/mol. The molecule has 0 spiro atoms. The number of ether oxygens (including phenoxy) is 1. The van der Waals surface area contributed by atoms with Crippen molar-refractivity contribution < 1.29 is 4.74 Å². The minimum Gasteiger partial charge on any atom is -0.457 e. The van der Waals surface area contributed by atoms with Crippen LogP contribution < -0.4 is 10.1 Å². The maximum atomic E-state index is 6.14. The fraction of sp³-hybridized carbons (Fsp3) is 0.353. The van der Waals surface area contributed by atoms with Crippen molar-refractivity contribution in [3.05, 3.63) is 53.9 Å². The molecular formula is C17H22N2O. The molecule has 0 aliphatic carbocycles. The molecule has 0 aliphatic rings. The van der Waals surface area contributed by atoms with E-state index in [-0.39, 0.29) is 5.41 Å². The summed E-state index contributed by atoms with van der Waals surface area (Å²) in [6, 6.07) is 10.1. The van der Waals surface area contributed by atoms with E-state index in [0.29, 0.717) is 0 Å². The maximum absolute atomic E-state index is 6.14. The molecular weight excluding hydrogens is 248 g/mol. The molecule has 3 nitrogen and oxygen atoms in total. The number of aromatic nitrogens is 1. The van der Waals surface area contributed by atoms with Crippen LogP contribution in [0, 0.1) is 0 Å². The van der Waals surface area contributed by atoms with Crippen molar-refractivity contribution in [2.24, 2.45) is 0 Å². The summed E-state index contributed by atoms with van der Waals surface area (Å²) < 4.78 is 6.14. The molecule has 0 aliphatic heterocycles. The van der Waals surface area contributed by atoms with Crippen molar-refractivity contribution in [3.63, 3.8) is 0 Å². The summed E-state index contributed by atoms with van der Waals surface area (Å²) >= 11 is 0. The number of hydrogen-bond acceptors (Lipinski definition) is 3. The van der Waals surface area contributed by atoms with E-state index in [1.807, 2.05) is 31.4 Å². The quantitative estimate of drug-likeness (QED) is 0.915. The van der Waals surface area contributed by atoms with Crippen molar-refractivity contribution >= 4 is 0 Å². The van der Waals surface area contributed by atoms with Gasteiger partial charge in [0.05, 0.1) is 0 Å². The molecule has 0 amide bonds. The van der Waals surface area contributed by atoms with Crippen molar-refractivity contribution in [3.8, 4) is 11.5 Å². The molecule has 3 heteroatoms. The first-order valence-electron chi connectivity index (χ1n) is 6.87. The topological polar surface area (TPSA) is 34.2 Å². The van der Waals surface area contributed by atoms with Gasteiger partial charge in [-0.1, -0.05) is 39.0 Å². The third-order valence-corrected chi connectivity index (χ3v) is 3.14. The van der Waals surface area contributed by atoms with Gasteiger partial charge in [0.2, 0.25) is 0 Å². The van der Waals surface area contributed by atoms with Crippen LogP contribution >= 0.6 is 0 Å². The van der Waals surface area contributed by atoms with E-state index >= 15 is 0 Å². The van der Waals surface area contributed by atoms with Gasteiger partial charge in [0, 0.05) is 30.1 Å². The van der Waals surface area contributed by atoms with Crippen molar-refractivity contribution in [1.29, 1.82) is 0 Å². The summed E-state index contributed by atoms with van der Waals surface area (Å²) in [4.78, 5) is 4.16. The lowest BCUT2D eigenvalue weighted by Crippen LogP contribution is -2.13. The van der Waals surface area contributed by atoms with Crippen LogP contribution in [0.4, 0.5) is 0 Å². The average molecular weight is 270 g/mol. The van der Waals surface area contributed by atoms with Gasteiger partial charge in [-0.15, -0.1) is 0 Å². The second kappa shape index (κ2) is 6.06. The second-order valence-corrected chi connectivity index (χ2v) is 5.86.